The Hall–Kier alpha value is -1.48. The van der Waals surface area contributed by atoms with Gasteiger partial charge in [0.1, 0.15) is 12.4 Å². The van der Waals surface area contributed by atoms with Gasteiger partial charge in [0.25, 0.3) is 0 Å². The summed E-state index contributed by atoms with van der Waals surface area (Å²) in [5, 5.41) is 21.1. The molecule has 2 unspecified atom stereocenters. The third-order valence-electron chi connectivity index (χ3n) is 9.21. The van der Waals surface area contributed by atoms with E-state index in [2.05, 4.69) is 0 Å². The molecule has 0 spiro atoms. The zero-order chi connectivity index (χ0) is 23.5. The van der Waals surface area contributed by atoms with Gasteiger partial charge < -0.3 is 19.7 Å². The Bertz CT molecular complexity index is 974. The van der Waals surface area contributed by atoms with Gasteiger partial charge in [-0.15, -0.1) is 0 Å². The Labute approximate surface area is 185 Å². The van der Waals surface area contributed by atoms with Gasteiger partial charge in [-0.1, -0.05) is 13.0 Å². The summed E-state index contributed by atoms with van der Waals surface area (Å²) in [7, 11) is 0. The van der Waals surface area contributed by atoms with Gasteiger partial charge in [0, 0.05) is 29.6 Å². The van der Waals surface area contributed by atoms with Crippen molar-refractivity contribution in [3.8, 4) is 0 Å². The van der Waals surface area contributed by atoms with Crippen LogP contribution in [0.15, 0.2) is 23.6 Å². The van der Waals surface area contributed by atoms with Crippen LogP contribution in [-0.2, 0) is 19.1 Å². The van der Waals surface area contributed by atoms with Crippen molar-refractivity contribution in [1.82, 2.24) is 0 Å². The number of carbonyl (C=O) groups excluding carboxylic acids is 2. The van der Waals surface area contributed by atoms with Gasteiger partial charge in [-0.2, -0.15) is 0 Å². The number of hydrogen-bond donors (Lipinski definition) is 2. The summed E-state index contributed by atoms with van der Waals surface area (Å²) in [6.07, 6.45) is 0.0542. The average Bonchev–Trinajstić information content (AvgIpc) is 3.11. The number of halogens is 2. The lowest BCUT2D eigenvalue weighted by atomic mass is 9.45. The van der Waals surface area contributed by atoms with Gasteiger partial charge >= 0.3 is 0 Å². The molecule has 0 amide bonds. The fourth-order valence-corrected chi connectivity index (χ4v) is 7.89. The number of allylic oxidation sites excluding steroid dienone is 4. The number of ketones is 2. The number of aliphatic hydroxyl groups excluding tert-OH is 2. The molecular weight excluding hydrogens is 422 g/mol. The second-order valence-corrected chi connectivity index (χ2v) is 11.0. The van der Waals surface area contributed by atoms with E-state index in [9.17, 15) is 19.8 Å². The summed E-state index contributed by atoms with van der Waals surface area (Å²) in [6.45, 7) is 5.88. The lowest BCUT2D eigenvalue weighted by Gasteiger charge is -2.62. The molecule has 0 bridgehead atoms. The highest BCUT2D eigenvalue weighted by Crippen LogP contribution is 2.72. The van der Waals surface area contributed by atoms with Gasteiger partial charge in [-0.3, -0.25) is 9.59 Å². The van der Waals surface area contributed by atoms with Crippen LogP contribution < -0.4 is 0 Å². The molecule has 3 fully saturated rings. The van der Waals surface area contributed by atoms with Crippen molar-refractivity contribution in [2.75, 3.05) is 6.61 Å². The number of carbonyl (C=O) groups is 2. The van der Waals surface area contributed by atoms with E-state index in [-0.39, 0.29) is 37.0 Å². The Morgan fingerprint density at radius 1 is 1.25 bits per heavy atom. The summed E-state index contributed by atoms with van der Waals surface area (Å²) in [4.78, 5) is 25.1. The molecule has 8 heteroatoms. The number of ether oxygens (including phenoxy) is 2. The number of hydrogen-bond acceptors (Lipinski definition) is 6. The second-order valence-electron chi connectivity index (χ2n) is 11.0. The van der Waals surface area contributed by atoms with E-state index in [0.717, 1.165) is 0 Å². The molecule has 0 aromatic heterocycles. The van der Waals surface area contributed by atoms with Crippen LogP contribution in [-0.4, -0.2) is 57.7 Å². The number of rotatable bonds is 2. The van der Waals surface area contributed by atoms with E-state index < -0.39 is 70.1 Å². The molecule has 8 atom stereocenters. The Morgan fingerprint density at radius 2 is 1.94 bits per heavy atom. The zero-order valence-electron chi connectivity index (χ0n) is 18.8. The molecule has 5 rings (SSSR count). The molecule has 32 heavy (non-hydrogen) atoms. The SMILES string of the molecule is CC1(C)OC2C[C@H]3[C@@H]4CC(F)=C5CC(=O)C=C[C@]5(C)[C@@]4(F)[C@@H](O)C[C@]3(C)C2(C(=O)CO)O1. The van der Waals surface area contributed by atoms with Gasteiger partial charge in [0.2, 0.25) is 0 Å². The van der Waals surface area contributed by atoms with Crippen LogP contribution in [0.25, 0.3) is 0 Å². The van der Waals surface area contributed by atoms with Crippen LogP contribution in [0.4, 0.5) is 8.78 Å². The first-order valence-corrected chi connectivity index (χ1v) is 11.3. The average molecular weight is 452 g/mol. The normalized spacial score (nSPS) is 51.2. The van der Waals surface area contributed by atoms with E-state index in [1.165, 1.54) is 12.2 Å². The maximum atomic E-state index is 17.1. The fraction of sp³-hybridized carbons (Fsp3) is 0.750. The van der Waals surface area contributed by atoms with E-state index >= 15 is 8.78 Å². The minimum absolute atomic E-state index is 0.0966. The van der Waals surface area contributed by atoms with Crippen molar-refractivity contribution in [2.45, 2.75) is 82.6 Å². The first-order valence-electron chi connectivity index (χ1n) is 11.3. The van der Waals surface area contributed by atoms with Crippen LogP contribution in [0, 0.1) is 22.7 Å². The molecule has 0 aromatic rings. The molecule has 5 aliphatic rings. The number of aliphatic hydroxyl groups is 2. The van der Waals surface area contributed by atoms with Gasteiger partial charge in [-0.25, -0.2) is 8.78 Å². The summed E-state index contributed by atoms with van der Waals surface area (Å²) >= 11 is 0. The van der Waals surface area contributed by atoms with Crippen LogP contribution in [0.5, 0.6) is 0 Å². The Kier molecular flexibility index (Phi) is 4.42. The molecule has 1 heterocycles. The fourth-order valence-electron chi connectivity index (χ4n) is 7.89. The van der Waals surface area contributed by atoms with Crippen molar-refractivity contribution >= 4 is 11.6 Å². The summed E-state index contributed by atoms with van der Waals surface area (Å²) in [5.41, 5.74) is -6.23. The van der Waals surface area contributed by atoms with Crippen LogP contribution in [0.2, 0.25) is 0 Å². The van der Waals surface area contributed by atoms with Crippen molar-refractivity contribution in [3.63, 3.8) is 0 Å². The standard InChI is InChI=1S/C24H30F2O6/c1-20(2)31-19-9-13-14-8-16(25)15-7-12(28)5-6-21(15,3)23(14,26)17(29)10-22(13,4)24(19,32-20)18(30)11-27/h5-6,13-14,17,19,27,29H,7-11H2,1-4H3/t13-,14-,17-,19?,21-,22-,23-,24?/m0/s1. The molecule has 1 saturated heterocycles. The highest BCUT2D eigenvalue weighted by atomic mass is 19.1. The maximum absolute atomic E-state index is 17.1. The predicted octanol–water partition coefficient (Wildman–Crippen LogP) is 2.72. The number of alkyl halides is 1. The Morgan fingerprint density at radius 3 is 2.59 bits per heavy atom. The molecule has 2 saturated carbocycles. The van der Waals surface area contributed by atoms with Gasteiger partial charge in [-0.05, 0) is 51.2 Å². The number of fused-ring (bicyclic) bond motifs is 7. The van der Waals surface area contributed by atoms with E-state index in [1.807, 2.05) is 0 Å². The molecule has 0 radical (unpaired) electrons. The molecule has 1 aliphatic heterocycles. The molecule has 6 nitrogen and oxygen atoms in total. The van der Waals surface area contributed by atoms with Crippen molar-refractivity contribution in [3.05, 3.63) is 23.6 Å². The minimum atomic E-state index is -2.23. The highest BCUT2D eigenvalue weighted by molar-refractivity contribution is 5.94. The maximum Gasteiger partial charge on any atom is 0.193 e. The third kappa shape index (κ3) is 2.32. The van der Waals surface area contributed by atoms with Crippen LogP contribution in [0.1, 0.15) is 53.4 Å². The molecule has 0 aromatic carbocycles. The molecule has 2 N–H and O–H groups in total. The van der Waals surface area contributed by atoms with Gasteiger partial charge in [0.05, 0.1) is 12.2 Å². The van der Waals surface area contributed by atoms with E-state index in [1.54, 1.807) is 27.7 Å². The minimum Gasteiger partial charge on any atom is -0.390 e. The lowest BCUT2D eigenvalue weighted by molar-refractivity contribution is -0.244. The van der Waals surface area contributed by atoms with E-state index in [0.29, 0.717) is 0 Å². The van der Waals surface area contributed by atoms with Crippen molar-refractivity contribution < 1.29 is 38.1 Å². The highest BCUT2D eigenvalue weighted by Gasteiger charge is 2.80. The second kappa shape index (κ2) is 6.34. The van der Waals surface area contributed by atoms with Gasteiger partial charge in [0.15, 0.2) is 28.6 Å². The van der Waals surface area contributed by atoms with Crippen molar-refractivity contribution in [2.24, 2.45) is 22.7 Å². The summed E-state index contributed by atoms with van der Waals surface area (Å²) in [6, 6.07) is 0. The van der Waals surface area contributed by atoms with Crippen molar-refractivity contribution in [1.29, 1.82) is 0 Å². The van der Waals surface area contributed by atoms with Crippen LogP contribution >= 0.6 is 0 Å². The Balaban J connectivity index is 1.67. The predicted molar refractivity (Wildman–Crippen MR) is 109 cm³/mol. The lowest BCUT2D eigenvalue weighted by Crippen LogP contribution is -2.69. The summed E-state index contributed by atoms with van der Waals surface area (Å²) < 4.78 is 44.8. The largest absolute Gasteiger partial charge is 0.390 e. The van der Waals surface area contributed by atoms with E-state index in [4.69, 9.17) is 9.47 Å². The third-order valence-corrected chi connectivity index (χ3v) is 9.21. The number of Topliss-reactive ketones (excluding diaryl/α,β-unsaturated/α-hetero) is 1. The first kappa shape index (κ1) is 22.3. The molecular formula is C24H30F2O6. The first-order chi connectivity index (χ1) is 14.8. The zero-order valence-corrected chi connectivity index (χ0v) is 18.8. The van der Waals surface area contributed by atoms with Crippen LogP contribution in [0.3, 0.4) is 0 Å². The summed E-state index contributed by atoms with van der Waals surface area (Å²) in [5.74, 6) is -3.98. The quantitative estimate of drug-likeness (QED) is 0.669. The molecule has 176 valence electrons. The monoisotopic (exact) mass is 452 g/mol. The topological polar surface area (TPSA) is 93.1 Å². The smallest absolute Gasteiger partial charge is 0.193 e. The molecule has 4 aliphatic carbocycles.